The van der Waals surface area contributed by atoms with Crippen LogP contribution >= 0.6 is 0 Å². The van der Waals surface area contributed by atoms with Crippen molar-refractivity contribution in [1.82, 2.24) is 5.32 Å². The molecule has 0 radical (unpaired) electrons. The monoisotopic (exact) mass is 290 g/mol. The molecule has 1 fully saturated rings. The van der Waals surface area contributed by atoms with Gasteiger partial charge in [-0.2, -0.15) is 0 Å². The normalized spacial score (nSPS) is 18.3. The summed E-state index contributed by atoms with van der Waals surface area (Å²) in [6, 6.07) is 8.41. The number of hydrogen-bond acceptors (Lipinski definition) is 3. The van der Waals surface area contributed by atoms with Crippen LogP contribution in [0.15, 0.2) is 24.3 Å². The molecule has 1 aromatic rings. The molecule has 0 aliphatic carbocycles. The highest BCUT2D eigenvalue weighted by molar-refractivity contribution is 5.85. The number of carbonyl (C=O) groups is 1. The number of hydrogen-bond donors (Lipinski definition) is 2. The van der Waals surface area contributed by atoms with Gasteiger partial charge in [0.15, 0.2) is 0 Å². The van der Waals surface area contributed by atoms with Crippen LogP contribution < -0.4 is 11.1 Å². The van der Waals surface area contributed by atoms with Crippen LogP contribution in [0, 0.1) is 6.92 Å². The maximum absolute atomic E-state index is 12.1. The molecule has 116 valence electrons. The minimum absolute atomic E-state index is 0.0511. The molecule has 1 aromatic carbocycles. The molecule has 0 spiro atoms. The van der Waals surface area contributed by atoms with Crippen molar-refractivity contribution in [3.63, 3.8) is 0 Å². The van der Waals surface area contributed by atoms with Gasteiger partial charge in [-0.05, 0) is 44.7 Å². The van der Waals surface area contributed by atoms with Crippen molar-refractivity contribution in [3.8, 4) is 0 Å². The van der Waals surface area contributed by atoms with Crippen molar-refractivity contribution in [2.45, 2.75) is 44.6 Å². The van der Waals surface area contributed by atoms with E-state index in [1.165, 1.54) is 11.1 Å². The molecule has 0 unspecified atom stereocenters. The van der Waals surface area contributed by atoms with Crippen LogP contribution in [0.4, 0.5) is 0 Å². The number of amides is 1. The first-order valence-corrected chi connectivity index (χ1v) is 7.56. The Hall–Kier alpha value is -1.39. The largest absolute Gasteiger partial charge is 0.381 e. The standard InChI is InChI=1S/C17H26N2O2/c1-13-6-4-5-7-14(13)17(8-10-21-11-9-17)12-19-15(20)16(2,3)18/h4-7H,8-12,18H2,1-3H3,(H,19,20). The Morgan fingerprint density at radius 2 is 1.95 bits per heavy atom. The number of ether oxygens (including phenoxy) is 1. The molecule has 0 bridgehead atoms. The third-order valence-electron chi connectivity index (χ3n) is 4.34. The summed E-state index contributed by atoms with van der Waals surface area (Å²) in [6.45, 7) is 7.66. The Morgan fingerprint density at radius 1 is 1.33 bits per heavy atom. The SMILES string of the molecule is Cc1ccccc1C1(CNC(=O)C(C)(C)N)CCOCC1. The molecule has 0 aromatic heterocycles. The van der Waals surface area contributed by atoms with Crippen LogP contribution in [-0.4, -0.2) is 31.2 Å². The van der Waals surface area contributed by atoms with Crippen LogP contribution in [0.1, 0.15) is 37.8 Å². The minimum atomic E-state index is -0.849. The second-order valence-corrected chi connectivity index (χ2v) is 6.61. The number of carbonyl (C=O) groups excluding carboxylic acids is 1. The zero-order chi connectivity index (χ0) is 15.5. The van der Waals surface area contributed by atoms with E-state index < -0.39 is 5.54 Å². The first kappa shape index (κ1) is 16.0. The summed E-state index contributed by atoms with van der Waals surface area (Å²) < 4.78 is 5.52. The molecule has 0 saturated carbocycles. The van der Waals surface area contributed by atoms with E-state index in [9.17, 15) is 4.79 Å². The number of nitrogens with two attached hydrogens (primary N) is 1. The maximum Gasteiger partial charge on any atom is 0.239 e. The number of nitrogens with one attached hydrogen (secondary N) is 1. The molecule has 1 aliphatic rings. The van der Waals surface area contributed by atoms with Crippen molar-refractivity contribution >= 4 is 5.91 Å². The van der Waals surface area contributed by atoms with Gasteiger partial charge in [-0.15, -0.1) is 0 Å². The van der Waals surface area contributed by atoms with Crippen molar-refractivity contribution in [2.75, 3.05) is 19.8 Å². The predicted molar refractivity (Wildman–Crippen MR) is 84.2 cm³/mol. The molecule has 1 aliphatic heterocycles. The topological polar surface area (TPSA) is 64.4 Å². The van der Waals surface area contributed by atoms with Gasteiger partial charge >= 0.3 is 0 Å². The van der Waals surface area contributed by atoms with E-state index in [0.717, 1.165) is 26.1 Å². The van der Waals surface area contributed by atoms with Gasteiger partial charge in [0.05, 0.1) is 5.54 Å². The molecule has 21 heavy (non-hydrogen) atoms. The van der Waals surface area contributed by atoms with E-state index in [1.54, 1.807) is 13.8 Å². The fraction of sp³-hybridized carbons (Fsp3) is 0.588. The highest BCUT2D eigenvalue weighted by Crippen LogP contribution is 2.36. The lowest BCUT2D eigenvalue weighted by molar-refractivity contribution is -0.125. The van der Waals surface area contributed by atoms with Gasteiger partial charge in [-0.25, -0.2) is 0 Å². The second-order valence-electron chi connectivity index (χ2n) is 6.61. The van der Waals surface area contributed by atoms with Gasteiger partial charge < -0.3 is 15.8 Å². The summed E-state index contributed by atoms with van der Waals surface area (Å²) >= 11 is 0. The lowest BCUT2D eigenvalue weighted by Crippen LogP contribution is -2.53. The Balaban J connectivity index is 2.22. The summed E-state index contributed by atoms with van der Waals surface area (Å²) in [5.74, 6) is -0.109. The summed E-state index contributed by atoms with van der Waals surface area (Å²) in [7, 11) is 0. The van der Waals surface area contributed by atoms with Gasteiger partial charge in [-0.1, -0.05) is 24.3 Å². The quantitative estimate of drug-likeness (QED) is 0.890. The molecular weight excluding hydrogens is 264 g/mol. The number of aryl methyl sites for hydroxylation is 1. The van der Waals surface area contributed by atoms with E-state index in [1.807, 2.05) is 6.07 Å². The summed E-state index contributed by atoms with van der Waals surface area (Å²) in [4.78, 5) is 12.1. The van der Waals surface area contributed by atoms with Crippen LogP contribution in [0.3, 0.4) is 0 Å². The van der Waals surface area contributed by atoms with Crippen LogP contribution in [-0.2, 0) is 14.9 Å². The van der Waals surface area contributed by atoms with Gasteiger partial charge in [0.1, 0.15) is 0 Å². The average molecular weight is 290 g/mol. The molecular formula is C17H26N2O2. The molecule has 1 heterocycles. The van der Waals surface area contributed by atoms with Crippen molar-refractivity contribution in [2.24, 2.45) is 5.73 Å². The van der Waals surface area contributed by atoms with Crippen molar-refractivity contribution < 1.29 is 9.53 Å². The van der Waals surface area contributed by atoms with Crippen molar-refractivity contribution in [3.05, 3.63) is 35.4 Å². The molecule has 0 atom stereocenters. The van der Waals surface area contributed by atoms with E-state index in [0.29, 0.717) is 6.54 Å². The third-order valence-corrected chi connectivity index (χ3v) is 4.34. The summed E-state index contributed by atoms with van der Waals surface area (Å²) in [6.07, 6.45) is 1.84. The third kappa shape index (κ3) is 3.63. The first-order chi connectivity index (χ1) is 9.85. The average Bonchev–Trinajstić information content (AvgIpc) is 2.45. The zero-order valence-corrected chi connectivity index (χ0v) is 13.2. The van der Waals surface area contributed by atoms with E-state index in [2.05, 4.69) is 30.4 Å². The summed E-state index contributed by atoms with van der Waals surface area (Å²) in [5.41, 5.74) is 7.54. The molecule has 1 amide bonds. The van der Waals surface area contributed by atoms with Crippen LogP contribution in [0.5, 0.6) is 0 Å². The molecule has 3 N–H and O–H groups in total. The molecule has 2 rings (SSSR count). The smallest absolute Gasteiger partial charge is 0.239 e. The highest BCUT2D eigenvalue weighted by atomic mass is 16.5. The van der Waals surface area contributed by atoms with Gasteiger partial charge in [0.2, 0.25) is 5.91 Å². The lowest BCUT2D eigenvalue weighted by Gasteiger charge is -2.39. The van der Waals surface area contributed by atoms with Crippen LogP contribution in [0.25, 0.3) is 0 Å². The lowest BCUT2D eigenvalue weighted by atomic mass is 9.72. The van der Waals surface area contributed by atoms with Gasteiger partial charge in [0, 0.05) is 25.2 Å². The van der Waals surface area contributed by atoms with E-state index in [4.69, 9.17) is 10.5 Å². The fourth-order valence-electron chi connectivity index (χ4n) is 2.95. The van der Waals surface area contributed by atoms with Gasteiger partial charge in [0.25, 0.3) is 0 Å². The Morgan fingerprint density at radius 3 is 2.52 bits per heavy atom. The van der Waals surface area contributed by atoms with E-state index >= 15 is 0 Å². The fourth-order valence-corrected chi connectivity index (χ4v) is 2.95. The number of benzene rings is 1. The minimum Gasteiger partial charge on any atom is -0.381 e. The number of rotatable bonds is 4. The second kappa shape index (κ2) is 6.16. The molecule has 1 saturated heterocycles. The zero-order valence-electron chi connectivity index (χ0n) is 13.2. The Kier molecular flexibility index (Phi) is 4.69. The Labute approximate surface area is 127 Å². The maximum atomic E-state index is 12.1. The van der Waals surface area contributed by atoms with E-state index in [-0.39, 0.29) is 11.3 Å². The predicted octanol–water partition coefficient (Wildman–Crippen LogP) is 1.90. The summed E-state index contributed by atoms with van der Waals surface area (Å²) in [5, 5.41) is 3.04. The molecule has 4 nitrogen and oxygen atoms in total. The highest BCUT2D eigenvalue weighted by Gasteiger charge is 2.36. The Bertz CT molecular complexity index is 500. The van der Waals surface area contributed by atoms with Gasteiger partial charge in [-0.3, -0.25) is 4.79 Å². The van der Waals surface area contributed by atoms with Crippen molar-refractivity contribution in [1.29, 1.82) is 0 Å². The van der Waals surface area contributed by atoms with Crippen LogP contribution in [0.2, 0.25) is 0 Å². The first-order valence-electron chi connectivity index (χ1n) is 7.56. The molecule has 4 heteroatoms.